The van der Waals surface area contributed by atoms with E-state index in [2.05, 4.69) is 0 Å². The van der Waals surface area contributed by atoms with Gasteiger partial charge < -0.3 is 4.74 Å². The van der Waals surface area contributed by atoms with Crippen LogP contribution in [0.4, 0.5) is 8.78 Å². The molecule has 1 heterocycles. The maximum atomic E-state index is 13.1. The third kappa shape index (κ3) is 1.18. The van der Waals surface area contributed by atoms with Crippen LogP contribution in [0.1, 0.15) is 0 Å². The van der Waals surface area contributed by atoms with Crippen molar-refractivity contribution >= 4 is 21.4 Å². The van der Waals surface area contributed by atoms with Gasteiger partial charge in [-0.05, 0) is 11.4 Å². The van der Waals surface area contributed by atoms with Crippen molar-refractivity contribution in [3.05, 3.63) is 29.1 Å². The molecule has 0 radical (unpaired) electrons. The topological polar surface area (TPSA) is 9.23 Å². The van der Waals surface area contributed by atoms with Gasteiger partial charge in [-0.3, -0.25) is 0 Å². The number of methoxy groups -OCH3 is 1. The van der Waals surface area contributed by atoms with E-state index < -0.39 is 11.6 Å². The number of hydrogen-bond acceptors (Lipinski definition) is 2. The van der Waals surface area contributed by atoms with Crippen molar-refractivity contribution in [2.24, 2.45) is 0 Å². The second-order valence-corrected chi connectivity index (χ2v) is 3.45. The van der Waals surface area contributed by atoms with Gasteiger partial charge >= 0.3 is 0 Å². The number of benzene rings is 1. The van der Waals surface area contributed by atoms with Crippen LogP contribution in [0.15, 0.2) is 17.5 Å². The number of ether oxygens (including phenoxy) is 1. The molecule has 0 unspecified atom stereocenters. The lowest BCUT2D eigenvalue weighted by atomic mass is 10.2. The lowest BCUT2D eigenvalue weighted by molar-refractivity contribution is 0.391. The molecule has 0 atom stereocenters. The molecule has 68 valence electrons. The summed E-state index contributed by atoms with van der Waals surface area (Å²) in [6.45, 7) is 0. The molecule has 2 rings (SSSR count). The highest BCUT2D eigenvalue weighted by atomic mass is 32.1. The summed E-state index contributed by atoms with van der Waals surface area (Å²) in [5.74, 6) is -1.09. The maximum absolute atomic E-state index is 13.1. The molecule has 0 aliphatic rings. The smallest absolute Gasteiger partial charge is 0.172 e. The van der Waals surface area contributed by atoms with Crippen molar-refractivity contribution in [1.82, 2.24) is 0 Å². The largest absolute Gasteiger partial charge is 0.492 e. The Morgan fingerprint density at radius 1 is 1.31 bits per heavy atom. The van der Waals surface area contributed by atoms with Gasteiger partial charge in [-0.25, -0.2) is 8.78 Å². The van der Waals surface area contributed by atoms with Gasteiger partial charge in [0.2, 0.25) is 0 Å². The van der Waals surface area contributed by atoms with E-state index >= 15 is 0 Å². The van der Waals surface area contributed by atoms with Crippen LogP contribution >= 0.6 is 11.3 Å². The first-order valence-electron chi connectivity index (χ1n) is 3.63. The summed E-state index contributed by atoms with van der Waals surface area (Å²) >= 11 is 1.26. The molecular weight excluding hydrogens is 194 g/mol. The predicted octanol–water partition coefficient (Wildman–Crippen LogP) is 3.19. The average Bonchev–Trinajstić information content (AvgIpc) is 2.53. The highest BCUT2D eigenvalue weighted by Gasteiger charge is 2.13. The van der Waals surface area contributed by atoms with E-state index in [0.717, 1.165) is 6.07 Å². The Morgan fingerprint density at radius 3 is 2.77 bits per heavy atom. The third-order valence-corrected chi connectivity index (χ3v) is 2.72. The summed E-state index contributed by atoms with van der Waals surface area (Å²) in [7, 11) is 1.37. The van der Waals surface area contributed by atoms with Crippen LogP contribution in [0.5, 0.6) is 5.75 Å². The fourth-order valence-electron chi connectivity index (χ4n) is 1.23. The first-order chi connectivity index (χ1) is 6.24. The molecule has 0 bridgehead atoms. The summed E-state index contributed by atoms with van der Waals surface area (Å²) in [5.41, 5.74) is 0. The molecule has 0 aliphatic heterocycles. The van der Waals surface area contributed by atoms with Gasteiger partial charge in [-0.15, -0.1) is 11.3 Å². The minimum absolute atomic E-state index is 0.117. The van der Waals surface area contributed by atoms with E-state index in [9.17, 15) is 8.78 Å². The molecule has 0 fully saturated rings. The van der Waals surface area contributed by atoms with Gasteiger partial charge in [0.15, 0.2) is 11.6 Å². The van der Waals surface area contributed by atoms with Gasteiger partial charge in [0.05, 0.1) is 11.8 Å². The van der Waals surface area contributed by atoms with Crippen molar-refractivity contribution in [1.29, 1.82) is 0 Å². The zero-order chi connectivity index (χ0) is 9.42. The summed E-state index contributed by atoms with van der Waals surface area (Å²) in [4.78, 5) is 0. The highest BCUT2D eigenvalue weighted by molar-refractivity contribution is 7.17. The molecule has 1 aromatic carbocycles. The number of hydrogen-bond donors (Lipinski definition) is 0. The lowest BCUT2D eigenvalue weighted by Gasteiger charge is -2.03. The first-order valence-corrected chi connectivity index (χ1v) is 4.51. The summed E-state index contributed by atoms with van der Waals surface area (Å²) in [5, 5.41) is 2.11. The van der Waals surface area contributed by atoms with Gasteiger partial charge in [-0.1, -0.05) is 0 Å². The molecule has 0 amide bonds. The van der Waals surface area contributed by atoms with Crippen molar-refractivity contribution in [2.45, 2.75) is 0 Å². The zero-order valence-corrected chi connectivity index (χ0v) is 7.62. The number of rotatable bonds is 1. The Morgan fingerprint density at radius 2 is 2.08 bits per heavy atom. The van der Waals surface area contributed by atoms with E-state index in [1.54, 1.807) is 11.4 Å². The van der Waals surface area contributed by atoms with Crippen LogP contribution in [0.2, 0.25) is 0 Å². The molecule has 1 nitrogen and oxygen atoms in total. The van der Waals surface area contributed by atoms with E-state index in [0.29, 0.717) is 10.1 Å². The van der Waals surface area contributed by atoms with E-state index in [4.69, 9.17) is 4.74 Å². The van der Waals surface area contributed by atoms with Gasteiger partial charge in [-0.2, -0.15) is 0 Å². The van der Waals surface area contributed by atoms with Gasteiger partial charge in [0.1, 0.15) is 5.82 Å². The van der Waals surface area contributed by atoms with E-state index in [-0.39, 0.29) is 5.75 Å². The third-order valence-electron chi connectivity index (χ3n) is 1.80. The Kier molecular flexibility index (Phi) is 1.92. The second kappa shape index (κ2) is 2.96. The number of halogens is 2. The molecule has 0 spiro atoms. The van der Waals surface area contributed by atoms with Gasteiger partial charge in [0.25, 0.3) is 0 Å². The number of fused-ring (bicyclic) bond motifs is 1. The van der Waals surface area contributed by atoms with E-state index in [1.807, 2.05) is 0 Å². The Hall–Kier alpha value is -1.16. The summed E-state index contributed by atoms with van der Waals surface area (Å²) in [6.07, 6.45) is 0. The molecule has 0 saturated carbocycles. The first kappa shape index (κ1) is 8.44. The SMILES string of the molecule is COc1c(F)cc(F)c2ccsc12. The van der Waals surface area contributed by atoms with Crippen molar-refractivity contribution in [3.63, 3.8) is 0 Å². The van der Waals surface area contributed by atoms with Crippen LogP contribution in [0.25, 0.3) is 10.1 Å². The van der Waals surface area contributed by atoms with Crippen molar-refractivity contribution in [3.8, 4) is 5.75 Å². The second-order valence-electron chi connectivity index (χ2n) is 2.54. The van der Waals surface area contributed by atoms with Crippen molar-refractivity contribution in [2.75, 3.05) is 7.11 Å². The average molecular weight is 200 g/mol. The summed E-state index contributed by atoms with van der Waals surface area (Å²) < 4.78 is 31.6. The molecule has 4 heteroatoms. The fourth-order valence-corrected chi connectivity index (χ4v) is 2.15. The highest BCUT2D eigenvalue weighted by Crippen LogP contribution is 2.34. The maximum Gasteiger partial charge on any atom is 0.172 e. The molecular formula is C9H6F2OS. The fraction of sp³-hybridized carbons (Fsp3) is 0.111. The normalized spacial score (nSPS) is 10.7. The Balaban J connectivity index is 2.88. The van der Waals surface area contributed by atoms with Crippen LogP contribution in [0.3, 0.4) is 0 Å². The van der Waals surface area contributed by atoms with Crippen LogP contribution < -0.4 is 4.74 Å². The number of thiophene rings is 1. The minimum Gasteiger partial charge on any atom is -0.492 e. The quantitative estimate of drug-likeness (QED) is 0.687. The Labute approximate surface area is 77.6 Å². The molecule has 0 N–H and O–H groups in total. The molecule has 1 aromatic heterocycles. The zero-order valence-electron chi connectivity index (χ0n) is 6.80. The van der Waals surface area contributed by atoms with Crippen LogP contribution in [0, 0.1) is 11.6 Å². The van der Waals surface area contributed by atoms with Gasteiger partial charge in [0, 0.05) is 11.5 Å². The standard InChI is InChI=1S/C9H6F2OS/c1-12-8-7(11)4-6(10)5-2-3-13-9(5)8/h2-4H,1H3. The van der Waals surface area contributed by atoms with E-state index in [1.165, 1.54) is 18.4 Å². The summed E-state index contributed by atoms with van der Waals surface area (Å²) in [6, 6.07) is 2.45. The van der Waals surface area contributed by atoms with Crippen LogP contribution in [-0.2, 0) is 0 Å². The molecule has 0 aliphatic carbocycles. The molecule has 13 heavy (non-hydrogen) atoms. The Bertz CT molecular complexity index is 450. The van der Waals surface area contributed by atoms with Crippen LogP contribution in [-0.4, -0.2) is 7.11 Å². The predicted molar refractivity (Wildman–Crippen MR) is 48.3 cm³/mol. The molecule has 0 saturated heterocycles. The lowest BCUT2D eigenvalue weighted by Crippen LogP contribution is -1.89. The van der Waals surface area contributed by atoms with Crippen molar-refractivity contribution < 1.29 is 13.5 Å². The minimum atomic E-state index is -0.657. The molecule has 2 aromatic rings. The monoisotopic (exact) mass is 200 g/mol.